The minimum Gasteiger partial charge on any atom is -0.389 e. The van der Waals surface area contributed by atoms with E-state index in [1.165, 1.54) is 0 Å². The van der Waals surface area contributed by atoms with E-state index in [4.69, 9.17) is 0 Å². The van der Waals surface area contributed by atoms with Gasteiger partial charge in [0.2, 0.25) is 11.8 Å². The summed E-state index contributed by atoms with van der Waals surface area (Å²) in [5.74, 6) is -0.365. The molecule has 1 aliphatic rings. The lowest BCUT2D eigenvalue weighted by Crippen LogP contribution is -2.30. The maximum atomic E-state index is 12.1. The molecule has 1 fully saturated rings. The van der Waals surface area contributed by atoms with E-state index in [0.29, 0.717) is 24.2 Å². The van der Waals surface area contributed by atoms with E-state index in [-0.39, 0.29) is 24.2 Å². The number of hydrogen-bond donors (Lipinski definition) is 3. The number of rotatable bonds is 5. The van der Waals surface area contributed by atoms with Crippen LogP contribution in [0.15, 0.2) is 24.3 Å². The summed E-state index contributed by atoms with van der Waals surface area (Å²) < 4.78 is 0. The summed E-state index contributed by atoms with van der Waals surface area (Å²) in [6.45, 7) is 3.65. The highest BCUT2D eigenvalue weighted by Crippen LogP contribution is 2.32. The quantitative estimate of drug-likeness (QED) is 0.782. The molecule has 1 aliphatic carbocycles. The topological polar surface area (TPSA) is 78.4 Å². The largest absolute Gasteiger partial charge is 0.389 e. The first-order chi connectivity index (χ1) is 10.4. The van der Waals surface area contributed by atoms with Gasteiger partial charge >= 0.3 is 0 Å². The van der Waals surface area contributed by atoms with Crippen molar-refractivity contribution >= 4 is 23.2 Å². The summed E-state index contributed by atoms with van der Waals surface area (Å²) in [5.41, 5.74) is 0.414. The van der Waals surface area contributed by atoms with Gasteiger partial charge in [-0.15, -0.1) is 0 Å². The molecule has 0 unspecified atom stereocenters. The molecule has 22 heavy (non-hydrogen) atoms. The number of hydrogen-bond acceptors (Lipinski definition) is 3. The number of amides is 2. The molecule has 0 saturated heterocycles. The number of benzene rings is 1. The zero-order valence-electron chi connectivity index (χ0n) is 13.2. The Balaban J connectivity index is 1.95. The predicted octanol–water partition coefficient (Wildman–Crippen LogP) is 2.91. The van der Waals surface area contributed by atoms with Crippen molar-refractivity contribution in [3.8, 4) is 0 Å². The number of aliphatic hydroxyl groups is 1. The molecule has 2 rings (SSSR count). The van der Waals surface area contributed by atoms with Gasteiger partial charge < -0.3 is 15.7 Å². The van der Waals surface area contributed by atoms with Crippen LogP contribution in [0, 0.1) is 5.92 Å². The zero-order chi connectivity index (χ0) is 16.2. The third-order valence-corrected chi connectivity index (χ3v) is 3.96. The van der Waals surface area contributed by atoms with E-state index >= 15 is 0 Å². The fourth-order valence-corrected chi connectivity index (χ4v) is 2.68. The molecule has 1 aromatic carbocycles. The molecule has 0 heterocycles. The molecule has 5 nitrogen and oxygen atoms in total. The van der Waals surface area contributed by atoms with Crippen LogP contribution >= 0.6 is 0 Å². The third-order valence-electron chi connectivity index (χ3n) is 3.96. The molecular formula is C17H24N2O3. The fourth-order valence-electron chi connectivity index (χ4n) is 2.68. The van der Waals surface area contributed by atoms with E-state index in [0.717, 1.165) is 12.8 Å². The van der Waals surface area contributed by atoms with Crippen molar-refractivity contribution in [3.63, 3.8) is 0 Å². The summed E-state index contributed by atoms with van der Waals surface area (Å²) >= 11 is 0. The smallest absolute Gasteiger partial charge is 0.227 e. The first-order valence-electron chi connectivity index (χ1n) is 7.81. The lowest BCUT2D eigenvalue weighted by Gasteiger charge is -2.21. The maximum absolute atomic E-state index is 12.1. The monoisotopic (exact) mass is 304 g/mol. The molecular weight excluding hydrogens is 280 g/mol. The molecule has 0 atom stereocenters. The molecule has 5 heteroatoms. The number of nitrogens with one attached hydrogen (secondary N) is 2. The average Bonchev–Trinajstić information content (AvgIpc) is 2.85. The van der Waals surface area contributed by atoms with Crippen LogP contribution in [0.25, 0.3) is 0 Å². The van der Waals surface area contributed by atoms with Gasteiger partial charge in [0.15, 0.2) is 0 Å². The Hall–Kier alpha value is -1.88. The molecule has 1 saturated carbocycles. The summed E-state index contributed by atoms with van der Waals surface area (Å²) in [4.78, 5) is 23.7. The normalized spacial score (nSPS) is 16.5. The van der Waals surface area contributed by atoms with Crippen LogP contribution in [0.1, 0.15) is 46.0 Å². The van der Waals surface area contributed by atoms with Crippen LogP contribution in [0.5, 0.6) is 0 Å². The van der Waals surface area contributed by atoms with Crippen molar-refractivity contribution in [3.05, 3.63) is 24.3 Å². The predicted molar refractivity (Wildman–Crippen MR) is 86.6 cm³/mol. The van der Waals surface area contributed by atoms with Crippen molar-refractivity contribution < 1.29 is 14.7 Å². The molecule has 0 aromatic heterocycles. The van der Waals surface area contributed by atoms with Crippen LogP contribution in [0.3, 0.4) is 0 Å². The van der Waals surface area contributed by atoms with Crippen molar-refractivity contribution in [1.82, 2.24) is 0 Å². The molecule has 120 valence electrons. The molecule has 2 amide bonds. The van der Waals surface area contributed by atoms with Crippen molar-refractivity contribution in [1.29, 1.82) is 0 Å². The van der Waals surface area contributed by atoms with E-state index in [2.05, 4.69) is 10.6 Å². The Morgan fingerprint density at radius 2 is 1.77 bits per heavy atom. The Kier molecular flexibility index (Phi) is 5.19. The van der Waals surface area contributed by atoms with Gasteiger partial charge in [0.1, 0.15) is 0 Å². The van der Waals surface area contributed by atoms with Gasteiger partial charge in [0, 0.05) is 17.3 Å². The average molecular weight is 304 g/mol. The SMILES string of the molecule is CC(C)C(=O)Nc1cccc(NC(=O)CC2(O)CCCC2)c1. The summed E-state index contributed by atoms with van der Waals surface area (Å²) in [7, 11) is 0. The summed E-state index contributed by atoms with van der Waals surface area (Å²) in [6, 6.07) is 7.04. The lowest BCUT2D eigenvalue weighted by atomic mass is 9.97. The summed E-state index contributed by atoms with van der Waals surface area (Å²) in [5, 5.41) is 15.8. The zero-order valence-corrected chi connectivity index (χ0v) is 13.2. The lowest BCUT2D eigenvalue weighted by molar-refractivity contribution is -0.121. The van der Waals surface area contributed by atoms with Crippen molar-refractivity contribution in [2.75, 3.05) is 10.6 Å². The standard InChI is InChI=1S/C17H24N2O3/c1-12(2)16(21)19-14-7-5-6-13(10-14)18-15(20)11-17(22)8-3-4-9-17/h5-7,10,12,22H,3-4,8-9,11H2,1-2H3,(H,18,20)(H,19,21). The Morgan fingerprint density at radius 3 is 2.36 bits per heavy atom. The van der Waals surface area contributed by atoms with Crippen molar-refractivity contribution in [2.24, 2.45) is 5.92 Å². The minimum atomic E-state index is -0.854. The number of carbonyl (C=O) groups excluding carboxylic acids is 2. The second-order valence-electron chi connectivity index (χ2n) is 6.38. The van der Waals surface area contributed by atoms with Gasteiger partial charge in [-0.2, -0.15) is 0 Å². The second kappa shape index (κ2) is 6.92. The molecule has 1 aromatic rings. The Bertz CT molecular complexity index is 549. The number of anilines is 2. The molecule has 0 radical (unpaired) electrons. The van der Waals surface area contributed by atoms with Gasteiger partial charge in [-0.3, -0.25) is 9.59 Å². The Morgan fingerprint density at radius 1 is 1.18 bits per heavy atom. The number of carbonyl (C=O) groups is 2. The minimum absolute atomic E-state index is 0.0660. The highest BCUT2D eigenvalue weighted by Gasteiger charge is 2.33. The molecule has 0 spiro atoms. The van der Waals surface area contributed by atoms with Crippen LogP contribution in [0.4, 0.5) is 11.4 Å². The Labute approximate surface area is 131 Å². The third kappa shape index (κ3) is 4.56. The highest BCUT2D eigenvalue weighted by atomic mass is 16.3. The van der Waals surface area contributed by atoms with Crippen LogP contribution in [-0.4, -0.2) is 22.5 Å². The van der Waals surface area contributed by atoms with E-state index in [9.17, 15) is 14.7 Å². The molecule has 0 bridgehead atoms. The van der Waals surface area contributed by atoms with Crippen LogP contribution in [-0.2, 0) is 9.59 Å². The van der Waals surface area contributed by atoms with E-state index in [1.807, 2.05) is 13.8 Å². The van der Waals surface area contributed by atoms with Crippen molar-refractivity contribution in [2.45, 2.75) is 51.6 Å². The van der Waals surface area contributed by atoms with Gasteiger partial charge in [0.25, 0.3) is 0 Å². The van der Waals surface area contributed by atoms with Crippen LogP contribution in [0.2, 0.25) is 0 Å². The van der Waals surface area contributed by atoms with E-state index < -0.39 is 5.60 Å². The van der Waals surface area contributed by atoms with Gasteiger partial charge in [-0.25, -0.2) is 0 Å². The first-order valence-corrected chi connectivity index (χ1v) is 7.81. The maximum Gasteiger partial charge on any atom is 0.227 e. The second-order valence-corrected chi connectivity index (χ2v) is 6.38. The van der Waals surface area contributed by atoms with Gasteiger partial charge in [0.05, 0.1) is 12.0 Å². The summed E-state index contributed by atoms with van der Waals surface area (Å²) in [6.07, 6.45) is 3.44. The van der Waals surface area contributed by atoms with Gasteiger partial charge in [-0.05, 0) is 31.0 Å². The van der Waals surface area contributed by atoms with Gasteiger partial charge in [-0.1, -0.05) is 32.8 Å². The highest BCUT2D eigenvalue weighted by molar-refractivity contribution is 5.95. The fraction of sp³-hybridized carbons (Fsp3) is 0.529. The molecule has 0 aliphatic heterocycles. The molecule has 3 N–H and O–H groups in total. The first kappa shape index (κ1) is 16.5. The van der Waals surface area contributed by atoms with E-state index in [1.54, 1.807) is 24.3 Å². The van der Waals surface area contributed by atoms with Crippen LogP contribution < -0.4 is 10.6 Å².